The lowest BCUT2D eigenvalue weighted by Crippen LogP contribution is -2.00. The molecule has 20 heavy (non-hydrogen) atoms. The number of hydrogen-bond donors (Lipinski definition) is 0. The lowest BCUT2D eigenvalue weighted by Gasteiger charge is -2.07. The van der Waals surface area contributed by atoms with Crippen molar-refractivity contribution >= 4 is 17.3 Å². The maximum absolute atomic E-state index is 13.0. The SMILES string of the molecule is O=[N+]([O-])c1ccc(Cl)cc1OCc1cc(F)cc(F)c1. The fraction of sp³-hybridized carbons (Fsp3) is 0.0769. The van der Waals surface area contributed by atoms with Gasteiger partial charge in [-0.25, -0.2) is 8.78 Å². The van der Waals surface area contributed by atoms with Crippen LogP contribution in [0.2, 0.25) is 5.02 Å². The molecule has 0 unspecified atom stereocenters. The van der Waals surface area contributed by atoms with Crippen LogP contribution in [-0.4, -0.2) is 4.92 Å². The quantitative estimate of drug-likeness (QED) is 0.630. The number of nitro groups is 1. The molecule has 0 saturated heterocycles. The molecule has 0 aliphatic heterocycles. The van der Waals surface area contributed by atoms with E-state index in [0.717, 1.165) is 18.2 Å². The molecule has 0 bridgehead atoms. The number of nitro benzene ring substituents is 1. The Hall–Kier alpha value is -2.21. The molecule has 0 N–H and O–H groups in total. The van der Waals surface area contributed by atoms with E-state index in [0.29, 0.717) is 0 Å². The van der Waals surface area contributed by atoms with E-state index in [4.69, 9.17) is 16.3 Å². The molecule has 2 aromatic carbocycles. The van der Waals surface area contributed by atoms with Crippen molar-refractivity contribution in [1.82, 2.24) is 0 Å². The van der Waals surface area contributed by atoms with E-state index in [1.165, 1.54) is 18.2 Å². The third kappa shape index (κ3) is 3.42. The van der Waals surface area contributed by atoms with E-state index >= 15 is 0 Å². The number of benzene rings is 2. The summed E-state index contributed by atoms with van der Waals surface area (Å²) in [5.41, 5.74) is -0.0527. The molecule has 0 amide bonds. The van der Waals surface area contributed by atoms with Crippen molar-refractivity contribution in [2.24, 2.45) is 0 Å². The van der Waals surface area contributed by atoms with Crippen LogP contribution in [0.5, 0.6) is 5.75 Å². The summed E-state index contributed by atoms with van der Waals surface area (Å²) < 4.78 is 31.2. The Labute approximate surface area is 117 Å². The number of nitrogens with zero attached hydrogens (tertiary/aromatic N) is 1. The standard InChI is InChI=1S/C13H8ClF2NO3/c14-9-1-2-12(17(18)19)13(5-9)20-7-8-3-10(15)6-11(16)4-8/h1-6H,7H2. The molecule has 0 heterocycles. The molecular formula is C13H8ClF2NO3. The minimum absolute atomic E-state index is 0.0628. The molecule has 4 nitrogen and oxygen atoms in total. The van der Waals surface area contributed by atoms with Gasteiger partial charge in [-0.05, 0) is 23.8 Å². The summed E-state index contributed by atoms with van der Waals surface area (Å²) in [6, 6.07) is 6.72. The molecule has 0 atom stereocenters. The second-order valence-corrected chi connectivity index (χ2v) is 4.37. The van der Waals surface area contributed by atoms with Gasteiger partial charge in [0.15, 0.2) is 5.75 Å². The fourth-order valence-electron chi connectivity index (χ4n) is 1.61. The second-order valence-electron chi connectivity index (χ2n) is 3.94. The van der Waals surface area contributed by atoms with Crippen LogP contribution in [0.4, 0.5) is 14.5 Å². The monoisotopic (exact) mass is 299 g/mol. The first-order valence-corrected chi connectivity index (χ1v) is 5.85. The van der Waals surface area contributed by atoms with E-state index in [1.807, 2.05) is 0 Å². The summed E-state index contributed by atoms with van der Waals surface area (Å²) in [7, 11) is 0. The summed E-state index contributed by atoms with van der Waals surface area (Å²) in [6.45, 7) is -0.212. The minimum Gasteiger partial charge on any atom is -0.482 e. The molecule has 0 fully saturated rings. The van der Waals surface area contributed by atoms with Crippen molar-refractivity contribution < 1.29 is 18.4 Å². The lowest BCUT2D eigenvalue weighted by molar-refractivity contribution is -0.385. The number of hydrogen-bond acceptors (Lipinski definition) is 3. The predicted molar refractivity (Wildman–Crippen MR) is 68.8 cm³/mol. The molecule has 0 aliphatic carbocycles. The third-order valence-corrected chi connectivity index (χ3v) is 2.67. The zero-order valence-electron chi connectivity index (χ0n) is 9.98. The van der Waals surface area contributed by atoms with Crippen LogP contribution >= 0.6 is 11.6 Å². The van der Waals surface area contributed by atoms with Crippen molar-refractivity contribution in [1.29, 1.82) is 0 Å². The van der Waals surface area contributed by atoms with Crippen molar-refractivity contribution in [3.8, 4) is 5.75 Å². The van der Waals surface area contributed by atoms with Gasteiger partial charge in [0.2, 0.25) is 0 Å². The van der Waals surface area contributed by atoms with Gasteiger partial charge < -0.3 is 4.74 Å². The topological polar surface area (TPSA) is 52.4 Å². The van der Waals surface area contributed by atoms with Gasteiger partial charge in [-0.2, -0.15) is 0 Å². The van der Waals surface area contributed by atoms with E-state index in [9.17, 15) is 18.9 Å². The Morgan fingerprint density at radius 2 is 1.80 bits per heavy atom. The maximum Gasteiger partial charge on any atom is 0.311 e. The van der Waals surface area contributed by atoms with E-state index in [-0.39, 0.29) is 28.6 Å². The first-order chi connectivity index (χ1) is 9.45. The summed E-state index contributed by atoms with van der Waals surface area (Å²) in [6.07, 6.45) is 0. The Kier molecular flexibility index (Phi) is 4.14. The summed E-state index contributed by atoms with van der Waals surface area (Å²) in [5, 5.41) is 11.1. The molecule has 0 radical (unpaired) electrons. The Morgan fingerprint density at radius 1 is 1.15 bits per heavy atom. The first kappa shape index (κ1) is 14.2. The van der Waals surface area contributed by atoms with Crippen LogP contribution in [0.15, 0.2) is 36.4 Å². The third-order valence-electron chi connectivity index (χ3n) is 2.44. The molecule has 0 aliphatic rings. The van der Waals surface area contributed by atoms with Gasteiger partial charge in [-0.3, -0.25) is 10.1 Å². The van der Waals surface area contributed by atoms with Gasteiger partial charge in [-0.15, -0.1) is 0 Å². The largest absolute Gasteiger partial charge is 0.482 e. The van der Waals surface area contributed by atoms with Crippen molar-refractivity contribution in [2.45, 2.75) is 6.61 Å². The fourth-order valence-corrected chi connectivity index (χ4v) is 1.77. The van der Waals surface area contributed by atoms with Crippen LogP contribution in [0.25, 0.3) is 0 Å². The number of rotatable bonds is 4. The molecule has 0 saturated carbocycles. The zero-order chi connectivity index (χ0) is 14.7. The molecular weight excluding hydrogens is 292 g/mol. The summed E-state index contributed by atoms with van der Waals surface area (Å²) in [4.78, 5) is 10.2. The van der Waals surface area contributed by atoms with Gasteiger partial charge in [0, 0.05) is 23.2 Å². The summed E-state index contributed by atoms with van der Waals surface area (Å²) >= 11 is 5.73. The van der Waals surface area contributed by atoms with Gasteiger partial charge in [0.1, 0.15) is 18.2 Å². The number of halogens is 3. The van der Waals surface area contributed by atoms with Crippen LogP contribution in [-0.2, 0) is 6.61 Å². The molecule has 0 aromatic heterocycles. The number of ether oxygens (including phenoxy) is 1. The highest BCUT2D eigenvalue weighted by molar-refractivity contribution is 6.30. The predicted octanol–water partition coefficient (Wildman–Crippen LogP) is 4.11. The van der Waals surface area contributed by atoms with Crippen molar-refractivity contribution in [3.63, 3.8) is 0 Å². The average molecular weight is 300 g/mol. The highest BCUT2D eigenvalue weighted by Crippen LogP contribution is 2.30. The minimum atomic E-state index is -0.746. The Morgan fingerprint density at radius 3 is 2.40 bits per heavy atom. The van der Waals surface area contributed by atoms with Crippen LogP contribution in [0, 0.1) is 21.7 Å². The average Bonchev–Trinajstić information content (AvgIpc) is 2.35. The second kappa shape index (κ2) is 5.83. The Bertz CT molecular complexity index is 644. The van der Waals surface area contributed by atoms with Crippen LogP contribution < -0.4 is 4.74 Å². The zero-order valence-corrected chi connectivity index (χ0v) is 10.7. The molecule has 2 aromatic rings. The normalized spacial score (nSPS) is 10.3. The maximum atomic E-state index is 13.0. The van der Waals surface area contributed by atoms with Crippen molar-refractivity contribution in [3.05, 3.63) is 68.7 Å². The van der Waals surface area contributed by atoms with E-state index in [2.05, 4.69) is 0 Å². The van der Waals surface area contributed by atoms with Crippen LogP contribution in [0.3, 0.4) is 0 Å². The van der Waals surface area contributed by atoms with Gasteiger partial charge in [0.25, 0.3) is 0 Å². The van der Waals surface area contributed by atoms with Gasteiger partial charge in [-0.1, -0.05) is 11.6 Å². The summed E-state index contributed by atoms with van der Waals surface area (Å²) in [5.74, 6) is -1.56. The first-order valence-electron chi connectivity index (χ1n) is 5.47. The molecule has 7 heteroatoms. The smallest absolute Gasteiger partial charge is 0.311 e. The lowest BCUT2D eigenvalue weighted by atomic mass is 10.2. The van der Waals surface area contributed by atoms with Crippen molar-refractivity contribution in [2.75, 3.05) is 0 Å². The molecule has 2 rings (SSSR count). The highest BCUT2D eigenvalue weighted by Gasteiger charge is 2.15. The Balaban J connectivity index is 2.22. The highest BCUT2D eigenvalue weighted by atomic mass is 35.5. The molecule has 104 valence electrons. The van der Waals surface area contributed by atoms with E-state index < -0.39 is 16.6 Å². The van der Waals surface area contributed by atoms with Gasteiger partial charge in [0.05, 0.1) is 4.92 Å². The van der Waals surface area contributed by atoms with Crippen LogP contribution in [0.1, 0.15) is 5.56 Å². The van der Waals surface area contributed by atoms with Gasteiger partial charge >= 0.3 is 5.69 Å². The molecule has 0 spiro atoms. The van der Waals surface area contributed by atoms with E-state index in [1.54, 1.807) is 0 Å².